The van der Waals surface area contributed by atoms with Crippen LogP contribution in [0.1, 0.15) is 51.1 Å². The minimum Gasteiger partial charge on any atom is -0.481 e. The second kappa shape index (κ2) is 18.0. The number of piperidine rings is 2. The molecule has 0 unspecified atom stereocenters. The van der Waals surface area contributed by atoms with Crippen molar-refractivity contribution >= 4 is 41.1 Å². The molecule has 1 aromatic heterocycles. The Hall–Kier alpha value is -4.24. The fourth-order valence-corrected chi connectivity index (χ4v) is 5.69. The number of carboxylic acid groups (broad SMARTS) is 3. The third-order valence-electron chi connectivity index (χ3n) is 8.21. The highest BCUT2D eigenvalue weighted by molar-refractivity contribution is 6.30. The Kier molecular flexibility index (Phi) is 15.2. The van der Waals surface area contributed by atoms with E-state index in [-0.39, 0.29) is 22.4 Å². The lowest BCUT2D eigenvalue weighted by atomic mass is 9.77. The SMILES string of the molecule is CC(C)c1ccnn1C1(C(=O)Nc2ccc(Cl)cc2OC(F)F)CCN(CC2(C(=O)O)CCNCC2)CC1.O=C(O)C(F)(F)F.O=C(O)C(F)(F)F. The number of aromatic nitrogens is 2. The van der Waals surface area contributed by atoms with Gasteiger partial charge in [-0.05, 0) is 62.9 Å². The summed E-state index contributed by atoms with van der Waals surface area (Å²) in [5.74, 6) is -6.86. The molecular formula is C30H36ClF8N5O8. The first-order valence-electron chi connectivity index (χ1n) is 15.3. The van der Waals surface area contributed by atoms with Gasteiger partial charge >= 0.3 is 36.9 Å². The summed E-state index contributed by atoms with van der Waals surface area (Å²) in [6.45, 7) is 3.61. The number of hydrogen-bond donors (Lipinski definition) is 5. The number of ether oxygens (including phenoxy) is 1. The molecule has 1 aromatic carbocycles. The normalized spacial score (nSPS) is 17.2. The average Bonchev–Trinajstić information content (AvgIpc) is 3.54. The van der Waals surface area contributed by atoms with E-state index in [9.17, 15) is 49.8 Å². The standard InChI is InChI=1S/C26H34ClF2N5O4.2C2HF3O2/c1-17(2)20-5-10-31-34(20)26(22(35)32-19-4-3-18(27)15-21(19)38-24(28)29)8-13-33(14-9-26)16-25(23(36)37)6-11-30-12-7-25;2*3-2(4,5)1(6)7/h3-5,10,15,17,24,30H,6-9,11-14,16H2,1-2H3,(H,32,35)(H,36,37);2*(H,6,7). The van der Waals surface area contributed by atoms with Gasteiger partial charge in [0.15, 0.2) is 5.75 Å². The van der Waals surface area contributed by atoms with Crippen molar-refractivity contribution in [3.05, 3.63) is 41.2 Å². The van der Waals surface area contributed by atoms with Gasteiger partial charge < -0.3 is 35.6 Å². The molecule has 2 aliphatic heterocycles. The molecule has 0 saturated carbocycles. The molecule has 2 aromatic rings. The smallest absolute Gasteiger partial charge is 0.481 e. The number of carboxylic acids is 3. The molecular weight excluding hydrogens is 746 g/mol. The Balaban J connectivity index is 0.000000564. The lowest BCUT2D eigenvalue weighted by molar-refractivity contribution is -0.193. The largest absolute Gasteiger partial charge is 0.490 e. The Labute approximate surface area is 295 Å². The molecule has 3 heterocycles. The minimum absolute atomic E-state index is 0.0819. The second-order valence-corrected chi connectivity index (χ2v) is 12.5. The number of carbonyl (C=O) groups excluding carboxylic acids is 1. The highest BCUT2D eigenvalue weighted by atomic mass is 35.5. The highest BCUT2D eigenvalue weighted by Crippen LogP contribution is 2.39. The van der Waals surface area contributed by atoms with E-state index < -0.39 is 53.7 Å². The number of likely N-dealkylation sites (tertiary alicyclic amines) is 1. The Morgan fingerprint density at radius 1 is 0.942 bits per heavy atom. The summed E-state index contributed by atoms with van der Waals surface area (Å²) in [6.07, 6.45) is -6.69. The Bertz CT molecular complexity index is 1520. The number of nitrogens with zero attached hydrogens (tertiary/aromatic N) is 3. The Morgan fingerprint density at radius 3 is 1.90 bits per heavy atom. The van der Waals surface area contributed by atoms with Crippen molar-refractivity contribution in [2.24, 2.45) is 5.41 Å². The van der Waals surface area contributed by atoms with Gasteiger partial charge in [0, 0.05) is 42.6 Å². The first-order chi connectivity index (χ1) is 23.9. The minimum atomic E-state index is -5.08. The molecule has 22 heteroatoms. The lowest BCUT2D eigenvalue weighted by Crippen LogP contribution is -2.57. The van der Waals surface area contributed by atoms with Crippen LogP contribution in [0.25, 0.3) is 0 Å². The van der Waals surface area contributed by atoms with Crippen molar-refractivity contribution in [2.75, 3.05) is 38.0 Å². The van der Waals surface area contributed by atoms with Crippen molar-refractivity contribution < 1.29 is 74.4 Å². The van der Waals surface area contributed by atoms with Crippen LogP contribution in [0, 0.1) is 5.41 Å². The molecule has 52 heavy (non-hydrogen) atoms. The summed E-state index contributed by atoms with van der Waals surface area (Å²) >= 11 is 5.98. The van der Waals surface area contributed by atoms with Gasteiger partial charge in [0.25, 0.3) is 5.91 Å². The molecule has 2 aliphatic rings. The van der Waals surface area contributed by atoms with Crippen LogP contribution in [0.2, 0.25) is 5.02 Å². The predicted octanol–water partition coefficient (Wildman–Crippen LogP) is 5.41. The summed E-state index contributed by atoms with van der Waals surface area (Å²) in [7, 11) is 0. The number of alkyl halides is 8. The van der Waals surface area contributed by atoms with Crippen molar-refractivity contribution in [3.8, 4) is 5.75 Å². The van der Waals surface area contributed by atoms with Crippen LogP contribution in [-0.2, 0) is 24.7 Å². The van der Waals surface area contributed by atoms with Crippen LogP contribution in [0.5, 0.6) is 5.75 Å². The molecule has 0 atom stereocenters. The Morgan fingerprint density at radius 2 is 1.46 bits per heavy atom. The number of benzene rings is 1. The molecule has 4 rings (SSSR count). The van der Waals surface area contributed by atoms with Gasteiger partial charge in [-0.1, -0.05) is 25.4 Å². The van der Waals surface area contributed by atoms with E-state index in [1.54, 1.807) is 10.9 Å². The van der Waals surface area contributed by atoms with Crippen LogP contribution in [-0.4, -0.2) is 106 Å². The summed E-state index contributed by atoms with van der Waals surface area (Å²) in [5.41, 5.74) is -0.979. The van der Waals surface area contributed by atoms with Crippen LogP contribution < -0.4 is 15.4 Å². The first kappa shape index (κ1) is 43.9. The van der Waals surface area contributed by atoms with E-state index in [0.29, 0.717) is 58.4 Å². The molecule has 0 spiro atoms. The zero-order valence-electron chi connectivity index (χ0n) is 27.5. The summed E-state index contributed by atoms with van der Waals surface area (Å²) in [5, 5.41) is 35.0. The topological polar surface area (TPSA) is 183 Å². The molecule has 1 amide bonds. The summed E-state index contributed by atoms with van der Waals surface area (Å²) < 4.78 is 95.9. The van der Waals surface area contributed by atoms with Crippen LogP contribution in [0.15, 0.2) is 30.5 Å². The van der Waals surface area contributed by atoms with Crippen molar-refractivity contribution in [3.63, 3.8) is 0 Å². The van der Waals surface area contributed by atoms with Crippen molar-refractivity contribution in [1.82, 2.24) is 20.0 Å². The van der Waals surface area contributed by atoms with Crippen LogP contribution in [0.3, 0.4) is 0 Å². The number of amides is 1. The number of halogens is 9. The maximum absolute atomic E-state index is 14.0. The summed E-state index contributed by atoms with van der Waals surface area (Å²) in [6, 6.07) is 6.02. The number of nitrogens with one attached hydrogen (secondary N) is 2. The molecule has 13 nitrogen and oxygen atoms in total. The molecule has 292 valence electrons. The second-order valence-electron chi connectivity index (χ2n) is 12.0. The molecule has 0 aliphatic carbocycles. The van der Waals surface area contributed by atoms with E-state index in [1.807, 2.05) is 19.9 Å². The van der Waals surface area contributed by atoms with E-state index in [0.717, 1.165) is 5.69 Å². The number of hydrogen-bond acceptors (Lipinski definition) is 8. The number of aliphatic carboxylic acids is 3. The molecule has 2 fully saturated rings. The highest BCUT2D eigenvalue weighted by Gasteiger charge is 2.48. The fourth-order valence-electron chi connectivity index (χ4n) is 5.53. The van der Waals surface area contributed by atoms with Crippen molar-refractivity contribution in [2.45, 2.75) is 70.0 Å². The molecule has 5 N–H and O–H groups in total. The van der Waals surface area contributed by atoms with Gasteiger partial charge in [0.2, 0.25) is 0 Å². The van der Waals surface area contributed by atoms with Gasteiger partial charge in [0.1, 0.15) is 5.54 Å². The number of rotatable bonds is 9. The lowest BCUT2D eigenvalue weighted by Gasteiger charge is -2.45. The van der Waals surface area contributed by atoms with E-state index in [4.69, 9.17) is 31.4 Å². The zero-order valence-corrected chi connectivity index (χ0v) is 28.3. The fraction of sp³-hybridized carbons (Fsp3) is 0.567. The van der Waals surface area contributed by atoms with Crippen molar-refractivity contribution in [1.29, 1.82) is 0 Å². The van der Waals surface area contributed by atoms with Gasteiger partial charge in [-0.15, -0.1) is 0 Å². The summed E-state index contributed by atoms with van der Waals surface area (Å²) in [4.78, 5) is 46.1. The molecule has 2 saturated heterocycles. The maximum atomic E-state index is 14.0. The van der Waals surface area contributed by atoms with E-state index >= 15 is 0 Å². The van der Waals surface area contributed by atoms with Gasteiger partial charge in [-0.25, -0.2) is 9.59 Å². The third kappa shape index (κ3) is 11.9. The number of anilines is 1. The first-order valence-corrected chi connectivity index (χ1v) is 15.7. The quantitative estimate of drug-likeness (QED) is 0.205. The van der Waals surface area contributed by atoms with Gasteiger partial charge in [0.05, 0.1) is 11.1 Å². The van der Waals surface area contributed by atoms with Crippen LogP contribution >= 0.6 is 11.6 Å². The van der Waals surface area contributed by atoms with Gasteiger partial charge in [-0.3, -0.25) is 14.3 Å². The number of carbonyl (C=O) groups is 4. The van der Waals surface area contributed by atoms with E-state index in [1.165, 1.54) is 18.2 Å². The average molecular weight is 782 g/mol. The third-order valence-corrected chi connectivity index (χ3v) is 8.44. The molecule has 0 bridgehead atoms. The predicted molar refractivity (Wildman–Crippen MR) is 166 cm³/mol. The van der Waals surface area contributed by atoms with E-state index in [2.05, 4.69) is 25.4 Å². The molecule has 0 radical (unpaired) electrons. The monoisotopic (exact) mass is 781 g/mol. The maximum Gasteiger partial charge on any atom is 0.490 e. The van der Waals surface area contributed by atoms with Gasteiger partial charge in [-0.2, -0.15) is 40.2 Å². The van der Waals surface area contributed by atoms with Crippen LogP contribution in [0.4, 0.5) is 40.8 Å². The zero-order chi connectivity index (χ0) is 39.7.